The molecule has 1 heterocycles. The van der Waals surface area contributed by atoms with Crippen LogP contribution >= 0.6 is 23.2 Å². The molecule has 0 radical (unpaired) electrons. The average molecular weight is 337 g/mol. The summed E-state index contributed by atoms with van der Waals surface area (Å²) in [5, 5.41) is 9.89. The number of esters is 1. The summed E-state index contributed by atoms with van der Waals surface area (Å²) in [6, 6.07) is 5.86. The van der Waals surface area contributed by atoms with Crippen LogP contribution in [0.4, 0.5) is 0 Å². The minimum Gasteiger partial charge on any atom is -0.467 e. The smallest absolute Gasteiger partial charge is 0.336 e. The summed E-state index contributed by atoms with van der Waals surface area (Å²) in [5.41, 5.74) is 1.28. The monoisotopic (exact) mass is 336 g/mol. The number of methoxy groups -OCH3 is 1. The maximum absolute atomic E-state index is 11.6. The highest BCUT2D eigenvalue weighted by molar-refractivity contribution is 6.43. The van der Waals surface area contributed by atoms with Crippen molar-refractivity contribution in [2.75, 3.05) is 7.11 Å². The van der Waals surface area contributed by atoms with Crippen LogP contribution in [0.1, 0.15) is 11.6 Å². The first-order chi connectivity index (χ1) is 10.5. The Morgan fingerprint density at radius 3 is 2.68 bits per heavy atom. The highest BCUT2D eigenvalue weighted by Gasteiger charge is 2.23. The molecule has 22 heavy (non-hydrogen) atoms. The van der Waals surface area contributed by atoms with Gasteiger partial charge in [0, 0.05) is 23.5 Å². The SMILES string of the molecule is COC(=O)C(C=O)n1cc(C#N)c(-c2cccc(Cl)c2Cl)c1. The minimum absolute atomic E-state index is 0.264. The van der Waals surface area contributed by atoms with E-state index in [-0.39, 0.29) is 5.56 Å². The molecule has 1 aromatic carbocycles. The Kier molecular flexibility index (Phi) is 4.86. The van der Waals surface area contributed by atoms with Crippen LogP contribution in [-0.4, -0.2) is 23.9 Å². The van der Waals surface area contributed by atoms with Gasteiger partial charge in [-0.25, -0.2) is 4.79 Å². The van der Waals surface area contributed by atoms with Crippen LogP contribution < -0.4 is 0 Å². The van der Waals surface area contributed by atoms with E-state index in [4.69, 9.17) is 23.2 Å². The molecule has 0 spiro atoms. The van der Waals surface area contributed by atoms with Gasteiger partial charge in [-0.2, -0.15) is 5.26 Å². The molecule has 0 saturated heterocycles. The number of benzene rings is 1. The maximum Gasteiger partial charge on any atom is 0.336 e. The largest absolute Gasteiger partial charge is 0.467 e. The van der Waals surface area contributed by atoms with Crippen molar-refractivity contribution in [1.82, 2.24) is 4.57 Å². The lowest BCUT2D eigenvalue weighted by Crippen LogP contribution is -2.20. The molecular formula is C15H10Cl2N2O3. The molecule has 5 nitrogen and oxygen atoms in total. The fraction of sp³-hybridized carbons (Fsp3) is 0.133. The maximum atomic E-state index is 11.6. The molecule has 0 aliphatic carbocycles. The van der Waals surface area contributed by atoms with Crippen molar-refractivity contribution in [2.24, 2.45) is 0 Å². The van der Waals surface area contributed by atoms with Crippen LogP contribution in [0.2, 0.25) is 10.0 Å². The molecule has 1 aromatic heterocycles. The normalized spacial score (nSPS) is 11.5. The molecule has 1 unspecified atom stereocenters. The van der Waals surface area contributed by atoms with Gasteiger partial charge < -0.3 is 14.1 Å². The fourth-order valence-corrected chi connectivity index (χ4v) is 2.42. The Bertz CT molecular complexity index is 778. The molecule has 0 bridgehead atoms. The third-order valence-electron chi connectivity index (χ3n) is 3.10. The van der Waals surface area contributed by atoms with E-state index in [0.717, 1.165) is 0 Å². The molecule has 0 saturated carbocycles. The van der Waals surface area contributed by atoms with Crippen molar-refractivity contribution >= 4 is 35.5 Å². The number of aldehydes is 1. The van der Waals surface area contributed by atoms with E-state index in [1.165, 1.54) is 24.1 Å². The van der Waals surface area contributed by atoms with Crippen LogP contribution in [0.25, 0.3) is 11.1 Å². The molecule has 0 aliphatic rings. The molecule has 2 aromatic rings. The van der Waals surface area contributed by atoms with Gasteiger partial charge in [-0.1, -0.05) is 35.3 Å². The molecule has 0 amide bonds. The van der Waals surface area contributed by atoms with Crippen LogP contribution in [0, 0.1) is 11.3 Å². The summed E-state index contributed by atoms with van der Waals surface area (Å²) < 4.78 is 5.88. The van der Waals surface area contributed by atoms with Gasteiger partial charge in [-0.05, 0) is 6.07 Å². The second kappa shape index (κ2) is 6.65. The van der Waals surface area contributed by atoms with Gasteiger partial charge >= 0.3 is 5.97 Å². The Morgan fingerprint density at radius 1 is 1.36 bits per heavy atom. The zero-order valence-corrected chi connectivity index (χ0v) is 12.9. The van der Waals surface area contributed by atoms with Crippen molar-refractivity contribution < 1.29 is 14.3 Å². The van der Waals surface area contributed by atoms with E-state index in [1.54, 1.807) is 18.2 Å². The zero-order valence-electron chi connectivity index (χ0n) is 11.4. The predicted octanol–water partition coefficient (Wildman–Crippen LogP) is 3.25. The fourth-order valence-electron chi connectivity index (χ4n) is 2.02. The zero-order chi connectivity index (χ0) is 16.3. The quantitative estimate of drug-likeness (QED) is 0.488. The molecule has 112 valence electrons. The number of carbonyl (C=O) groups is 2. The molecule has 0 fully saturated rings. The van der Waals surface area contributed by atoms with E-state index in [0.29, 0.717) is 27.5 Å². The van der Waals surface area contributed by atoms with E-state index in [9.17, 15) is 14.9 Å². The van der Waals surface area contributed by atoms with E-state index < -0.39 is 12.0 Å². The lowest BCUT2D eigenvalue weighted by atomic mass is 10.1. The first-order valence-electron chi connectivity index (χ1n) is 6.12. The summed E-state index contributed by atoms with van der Waals surface area (Å²) in [4.78, 5) is 22.7. The van der Waals surface area contributed by atoms with Gasteiger partial charge in [-0.3, -0.25) is 0 Å². The van der Waals surface area contributed by atoms with Crippen molar-refractivity contribution in [3.8, 4) is 17.2 Å². The third-order valence-corrected chi connectivity index (χ3v) is 3.92. The van der Waals surface area contributed by atoms with Gasteiger partial charge in [0.1, 0.15) is 6.07 Å². The topological polar surface area (TPSA) is 72.1 Å². The Labute approximate surface area is 136 Å². The van der Waals surface area contributed by atoms with Crippen molar-refractivity contribution in [3.05, 3.63) is 46.2 Å². The summed E-state index contributed by atoms with van der Waals surface area (Å²) in [7, 11) is 1.18. The number of halogens is 2. The van der Waals surface area contributed by atoms with Crippen LogP contribution in [0.15, 0.2) is 30.6 Å². The Balaban J connectivity index is 2.59. The number of ether oxygens (including phenoxy) is 1. The highest BCUT2D eigenvalue weighted by Crippen LogP contribution is 2.36. The molecule has 1 atom stereocenters. The van der Waals surface area contributed by atoms with Crippen molar-refractivity contribution in [2.45, 2.75) is 6.04 Å². The van der Waals surface area contributed by atoms with Gasteiger partial charge in [-0.15, -0.1) is 0 Å². The first-order valence-corrected chi connectivity index (χ1v) is 6.88. The highest BCUT2D eigenvalue weighted by atomic mass is 35.5. The summed E-state index contributed by atoms with van der Waals surface area (Å²) in [6.45, 7) is 0. The molecule has 7 heteroatoms. The lowest BCUT2D eigenvalue weighted by Gasteiger charge is -2.09. The third kappa shape index (κ3) is 2.84. The lowest BCUT2D eigenvalue weighted by molar-refractivity contribution is -0.145. The number of hydrogen-bond donors (Lipinski definition) is 0. The summed E-state index contributed by atoms with van der Waals surface area (Å²) in [6.07, 6.45) is 3.32. The van der Waals surface area contributed by atoms with E-state index in [1.807, 2.05) is 6.07 Å². The van der Waals surface area contributed by atoms with Crippen LogP contribution in [0.3, 0.4) is 0 Å². The van der Waals surface area contributed by atoms with E-state index in [2.05, 4.69) is 4.74 Å². The number of nitrogens with zero attached hydrogens (tertiary/aromatic N) is 2. The number of rotatable bonds is 4. The van der Waals surface area contributed by atoms with Gasteiger partial charge in [0.05, 0.1) is 22.7 Å². The number of hydrogen-bond acceptors (Lipinski definition) is 4. The van der Waals surface area contributed by atoms with Crippen LogP contribution in [-0.2, 0) is 14.3 Å². The van der Waals surface area contributed by atoms with Gasteiger partial charge in [0.25, 0.3) is 0 Å². The van der Waals surface area contributed by atoms with Crippen LogP contribution in [0.5, 0.6) is 0 Å². The van der Waals surface area contributed by atoms with E-state index >= 15 is 0 Å². The first kappa shape index (κ1) is 16.1. The number of carbonyl (C=O) groups excluding carboxylic acids is 2. The summed E-state index contributed by atoms with van der Waals surface area (Å²) in [5.74, 6) is -0.724. The Hall–Kier alpha value is -2.29. The second-order valence-corrected chi connectivity index (χ2v) is 5.14. The number of nitriles is 1. The van der Waals surface area contributed by atoms with Crippen molar-refractivity contribution in [1.29, 1.82) is 5.26 Å². The molecule has 0 N–H and O–H groups in total. The molecular weight excluding hydrogens is 327 g/mol. The van der Waals surface area contributed by atoms with Gasteiger partial charge in [0.2, 0.25) is 0 Å². The average Bonchev–Trinajstić information content (AvgIpc) is 2.94. The standard InChI is InChI=1S/C15H10Cl2N2O3/c1-22-15(21)13(8-20)19-6-9(5-18)11(7-19)10-3-2-4-12(16)14(10)17/h2-4,6-8,13H,1H3. The molecule has 0 aliphatic heterocycles. The molecule has 2 rings (SSSR count). The van der Waals surface area contributed by atoms with Crippen molar-refractivity contribution in [3.63, 3.8) is 0 Å². The minimum atomic E-state index is -1.16. The predicted molar refractivity (Wildman–Crippen MR) is 81.7 cm³/mol. The summed E-state index contributed by atoms with van der Waals surface area (Å²) >= 11 is 12.1. The second-order valence-electron chi connectivity index (χ2n) is 4.35. The Morgan fingerprint density at radius 2 is 2.09 bits per heavy atom. The van der Waals surface area contributed by atoms with Gasteiger partial charge in [0.15, 0.2) is 12.3 Å². The number of aromatic nitrogens is 1.